The van der Waals surface area contributed by atoms with Crippen LogP contribution in [0.25, 0.3) is 0 Å². The summed E-state index contributed by atoms with van der Waals surface area (Å²) in [4.78, 5) is 10.5. The Morgan fingerprint density at radius 2 is 1.89 bits per heavy atom. The van der Waals surface area contributed by atoms with Gasteiger partial charge in [-0.05, 0) is 24.0 Å². The summed E-state index contributed by atoms with van der Waals surface area (Å²) < 4.78 is 0. The summed E-state index contributed by atoms with van der Waals surface area (Å²) in [6, 6.07) is 7.53. The van der Waals surface area contributed by atoms with Crippen LogP contribution < -0.4 is 5.32 Å². The summed E-state index contributed by atoms with van der Waals surface area (Å²) in [5.41, 5.74) is 2.04. The number of aliphatic hydroxyl groups excluding tert-OH is 1. The maximum absolute atomic E-state index is 10.5. The Kier molecular flexibility index (Phi) is 5.82. The van der Waals surface area contributed by atoms with Crippen LogP contribution in [0, 0.1) is 0 Å². The minimum Gasteiger partial charge on any atom is -0.480 e. The van der Waals surface area contributed by atoms with Crippen molar-refractivity contribution in [3.63, 3.8) is 0 Å². The molecule has 0 bridgehead atoms. The summed E-state index contributed by atoms with van der Waals surface area (Å²) in [6.07, 6.45) is 0.953. The molecule has 1 aromatic carbocycles. The van der Waals surface area contributed by atoms with Crippen molar-refractivity contribution in [1.82, 2.24) is 5.32 Å². The molecule has 0 aliphatic heterocycles. The van der Waals surface area contributed by atoms with Crippen molar-refractivity contribution in [2.24, 2.45) is 0 Å². The zero-order chi connectivity index (χ0) is 13.5. The average Bonchev–Trinajstić information content (AvgIpc) is 2.39. The van der Waals surface area contributed by atoms with Crippen molar-refractivity contribution in [2.45, 2.75) is 38.8 Å². The SMILES string of the molecule is CCc1ccc(C(O)C(CC)NCC(=O)O)cc1. The molecule has 0 radical (unpaired) electrons. The van der Waals surface area contributed by atoms with Crippen LogP contribution in [0.1, 0.15) is 37.5 Å². The minimum absolute atomic E-state index is 0.136. The Balaban J connectivity index is 2.69. The van der Waals surface area contributed by atoms with E-state index in [4.69, 9.17) is 5.11 Å². The van der Waals surface area contributed by atoms with Gasteiger partial charge in [-0.1, -0.05) is 38.1 Å². The van der Waals surface area contributed by atoms with Crippen LogP contribution in [0.4, 0.5) is 0 Å². The van der Waals surface area contributed by atoms with Crippen molar-refractivity contribution in [1.29, 1.82) is 0 Å². The van der Waals surface area contributed by atoms with Crippen molar-refractivity contribution < 1.29 is 15.0 Å². The molecule has 4 nitrogen and oxygen atoms in total. The largest absolute Gasteiger partial charge is 0.480 e. The third-order valence-corrected chi connectivity index (χ3v) is 3.07. The number of carbonyl (C=O) groups is 1. The monoisotopic (exact) mass is 251 g/mol. The molecule has 0 aliphatic carbocycles. The van der Waals surface area contributed by atoms with Crippen LogP contribution in [0.3, 0.4) is 0 Å². The van der Waals surface area contributed by atoms with E-state index in [9.17, 15) is 9.90 Å². The molecule has 0 heterocycles. The van der Waals surface area contributed by atoms with Gasteiger partial charge < -0.3 is 15.5 Å². The minimum atomic E-state index is -0.915. The number of benzene rings is 1. The fraction of sp³-hybridized carbons (Fsp3) is 0.500. The van der Waals surface area contributed by atoms with Crippen LogP contribution >= 0.6 is 0 Å². The summed E-state index contributed by atoms with van der Waals surface area (Å²) in [5.74, 6) is -0.915. The first-order valence-electron chi connectivity index (χ1n) is 6.30. The van der Waals surface area contributed by atoms with Gasteiger partial charge in [0.1, 0.15) is 0 Å². The van der Waals surface area contributed by atoms with E-state index in [1.807, 2.05) is 31.2 Å². The average molecular weight is 251 g/mol. The molecule has 2 unspecified atom stereocenters. The number of nitrogens with one attached hydrogen (secondary N) is 1. The Morgan fingerprint density at radius 3 is 2.33 bits per heavy atom. The maximum atomic E-state index is 10.5. The molecule has 0 aliphatic rings. The number of hydrogen-bond donors (Lipinski definition) is 3. The third-order valence-electron chi connectivity index (χ3n) is 3.07. The molecule has 18 heavy (non-hydrogen) atoms. The zero-order valence-electron chi connectivity index (χ0n) is 10.9. The molecule has 1 rings (SSSR count). The lowest BCUT2D eigenvalue weighted by atomic mass is 9.98. The summed E-state index contributed by atoms with van der Waals surface area (Å²) in [6.45, 7) is 3.86. The molecule has 0 aromatic heterocycles. The molecule has 100 valence electrons. The number of carboxylic acids is 1. The Morgan fingerprint density at radius 1 is 1.28 bits per heavy atom. The molecular weight excluding hydrogens is 230 g/mol. The lowest BCUT2D eigenvalue weighted by molar-refractivity contribution is -0.136. The van der Waals surface area contributed by atoms with Crippen LogP contribution in [0.15, 0.2) is 24.3 Å². The zero-order valence-corrected chi connectivity index (χ0v) is 10.9. The first-order valence-corrected chi connectivity index (χ1v) is 6.30. The van der Waals surface area contributed by atoms with Crippen LogP contribution in [0.5, 0.6) is 0 Å². The number of aliphatic hydroxyl groups is 1. The van der Waals surface area contributed by atoms with Crippen molar-refractivity contribution in [3.8, 4) is 0 Å². The van der Waals surface area contributed by atoms with E-state index in [0.717, 1.165) is 12.0 Å². The summed E-state index contributed by atoms with van der Waals surface area (Å²) in [5, 5.41) is 21.7. The number of aryl methyl sites for hydroxylation is 1. The summed E-state index contributed by atoms with van der Waals surface area (Å²) in [7, 11) is 0. The second-order valence-electron chi connectivity index (χ2n) is 4.33. The fourth-order valence-electron chi connectivity index (χ4n) is 1.88. The molecule has 0 saturated heterocycles. The standard InChI is InChI=1S/C14H21NO3/c1-3-10-5-7-11(8-6-10)14(18)12(4-2)15-9-13(16)17/h5-8,12,14-15,18H,3-4,9H2,1-2H3,(H,16,17). The Bertz CT molecular complexity index is 375. The van der Waals surface area contributed by atoms with Gasteiger partial charge in [0.25, 0.3) is 0 Å². The molecule has 0 spiro atoms. The first-order chi connectivity index (χ1) is 8.58. The first kappa shape index (κ1) is 14.7. The van der Waals surface area contributed by atoms with E-state index in [2.05, 4.69) is 12.2 Å². The maximum Gasteiger partial charge on any atom is 0.317 e. The number of carboxylic acid groups (broad SMARTS) is 1. The van der Waals surface area contributed by atoms with Gasteiger partial charge >= 0.3 is 5.97 Å². The molecular formula is C14H21NO3. The second kappa shape index (κ2) is 7.13. The quantitative estimate of drug-likeness (QED) is 0.690. The van der Waals surface area contributed by atoms with Gasteiger partial charge in [-0.2, -0.15) is 0 Å². The molecule has 3 N–H and O–H groups in total. The summed E-state index contributed by atoms with van der Waals surface area (Å²) >= 11 is 0. The normalized spacial score (nSPS) is 14.2. The highest BCUT2D eigenvalue weighted by Crippen LogP contribution is 2.19. The Hall–Kier alpha value is -1.39. The topological polar surface area (TPSA) is 69.6 Å². The van der Waals surface area contributed by atoms with E-state index < -0.39 is 12.1 Å². The van der Waals surface area contributed by atoms with Crippen molar-refractivity contribution >= 4 is 5.97 Å². The lowest BCUT2D eigenvalue weighted by Gasteiger charge is -2.22. The molecule has 0 amide bonds. The van der Waals surface area contributed by atoms with Gasteiger partial charge in [-0.25, -0.2) is 0 Å². The highest BCUT2D eigenvalue weighted by molar-refractivity contribution is 5.69. The predicted molar refractivity (Wildman–Crippen MR) is 70.5 cm³/mol. The van der Waals surface area contributed by atoms with Crippen molar-refractivity contribution in [3.05, 3.63) is 35.4 Å². The van der Waals surface area contributed by atoms with E-state index >= 15 is 0 Å². The molecule has 1 aromatic rings. The fourth-order valence-corrected chi connectivity index (χ4v) is 1.88. The number of rotatable bonds is 7. The smallest absolute Gasteiger partial charge is 0.317 e. The van der Waals surface area contributed by atoms with Crippen molar-refractivity contribution in [2.75, 3.05) is 6.54 Å². The predicted octanol–water partition coefficient (Wildman–Crippen LogP) is 1.74. The highest BCUT2D eigenvalue weighted by atomic mass is 16.4. The van der Waals surface area contributed by atoms with Gasteiger partial charge in [0, 0.05) is 6.04 Å². The highest BCUT2D eigenvalue weighted by Gasteiger charge is 2.19. The van der Waals surface area contributed by atoms with Gasteiger partial charge in [0.2, 0.25) is 0 Å². The van der Waals surface area contributed by atoms with Gasteiger partial charge in [-0.15, -0.1) is 0 Å². The molecule has 2 atom stereocenters. The van der Waals surface area contributed by atoms with Gasteiger partial charge in [0.05, 0.1) is 12.6 Å². The second-order valence-corrected chi connectivity index (χ2v) is 4.33. The van der Waals surface area contributed by atoms with E-state index in [1.54, 1.807) is 0 Å². The molecule has 0 saturated carbocycles. The van der Waals surface area contributed by atoms with E-state index in [0.29, 0.717) is 6.42 Å². The number of aliphatic carboxylic acids is 1. The van der Waals surface area contributed by atoms with Gasteiger partial charge in [0.15, 0.2) is 0 Å². The molecule has 0 fully saturated rings. The van der Waals surface area contributed by atoms with Crippen LogP contribution in [0.2, 0.25) is 0 Å². The molecule has 4 heteroatoms. The van der Waals surface area contributed by atoms with E-state index in [1.165, 1.54) is 5.56 Å². The third kappa shape index (κ3) is 4.13. The number of hydrogen-bond acceptors (Lipinski definition) is 3. The van der Waals surface area contributed by atoms with E-state index in [-0.39, 0.29) is 12.6 Å². The van der Waals surface area contributed by atoms with Gasteiger partial charge in [-0.3, -0.25) is 4.79 Å². The van der Waals surface area contributed by atoms with Crippen LogP contribution in [-0.4, -0.2) is 28.8 Å². The van der Waals surface area contributed by atoms with Crippen LogP contribution in [-0.2, 0) is 11.2 Å². The Labute approximate surface area is 108 Å². The lowest BCUT2D eigenvalue weighted by Crippen LogP contribution is -2.37.